The van der Waals surface area contributed by atoms with Crippen molar-refractivity contribution < 1.29 is 18.3 Å². The molecule has 3 aromatic carbocycles. The number of nitrogens with zero attached hydrogens (tertiary/aromatic N) is 1. The molecule has 178 valence electrons. The first-order chi connectivity index (χ1) is 16.3. The third-order valence-corrected chi connectivity index (χ3v) is 7.24. The van der Waals surface area contributed by atoms with Gasteiger partial charge in [0, 0.05) is 17.1 Å². The molecule has 7 nitrogen and oxygen atoms in total. The van der Waals surface area contributed by atoms with Crippen molar-refractivity contribution in [3.63, 3.8) is 0 Å². The number of aliphatic hydroxyl groups is 1. The van der Waals surface area contributed by atoms with Crippen molar-refractivity contribution in [3.05, 3.63) is 83.0 Å². The molecule has 0 aliphatic carbocycles. The van der Waals surface area contributed by atoms with Gasteiger partial charge in [0.05, 0.1) is 33.8 Å². The van der Waals surface area contributed by atoms with Gasteiger partial charge in [0.2, 0.25) is 0 Å². The van der Waals surface area contributed by atoms with Crippen LogP contribution < -0.4 is 9.46 Å². The maximum Gasteiger partial charge on any atom is 0.261 e. The van der Waals surface area contributed by atoms with Gasteiger partial charge in [-0.15, -0.1) is 0 Å². The van der Waals surface area contributed by atoms with Crippen LogP contribution in [0.25, 0.3) is 10.9 Å². The van der Waals surface area contributed by atoms with E-state index in [1.807, 2.05) is 25.1 Å². The molecule has 9 heteroatoms. The molecule has 0 bridgehead atoms. The molecule has 1 aromatic heterocycles. The summed E-state index contributed by atoms with van der Waals surface area (Å²) in [5, 5.41) is 19.1. The topological polar surface area (TPSA) is 104 Å². The monoisotopic (exact) mass is 499 g/mol. The minimum atomic E-state index is -3.78. The van der Waals surface area contributed by atoms with Crippen LogP contribution in [-0.4, -0.2) is 30.3 Å². The van der Waals surface area contributed by atoms with Crippen molar-refractivity contribution in [3.8, 4) is 5.75 Å². The van der Waals surface area contributed by atoms with E-state index >= 15 is 0 Å². The molecule has 3 N–H and O–H groups in total. The molecule has 0 aliphatic heterocycles. The molecule has 0 amide bonds. The Balaban J connectivity index is 1.30. The Bertz CT molecular complexity index is 1370. The highest BCUT2D eigenvalue weighted by atomic mass is 35.5. The predicted molar refractivity (Wildman–Crippen MR) is 134 cm³/mol. The zero-order chi connectivity index (χ0) is 24.1. The number of ether oxygens (including phenoxy) is 1. The first kappa shape index (κ1) is 24.1. The number of benzene rings is 3. The number of unbranched alkanes of at least 4 members (excludes halogenated alkanes) is 1. The molecule has 4 aromatic rings. The molecule has 0 saturated heterocycles. The molecule has 1 heterocycles. The number of H-pyrrole nitrogens is 1. The van der Waals surface area contributed by atoms with E-state index in [0.29, 0.717) is 18.6 Å². The summed E-state index contributed by atoms with van der Waals surface area (Å²) in [6.07, 6.45) is 1.25. The lowest BCUT2D eigenvalue weighted by Gasteiger charge is -2.15. The van der Waals surface area contributed by atoms with Gasteiger partial charge in [-0.3, -0.25) is 9.82 Å². The second-order valence-electron chi connectivity index (χ2n) is 8.05. The quantitative estimate of drug-likeness (QED) is 0.246. The Morgan fingerprint density at radius 2 is 1.88 bits per heavy atom. The molecule has 0 unspecified atom stereocenters. The van der Waals surface area contributed by atoms with Gasteiger partial charge >= 0.3 is 0 Å². The average Bonchev–Trinajstić information content (AvgIpc) is 3.20. The van der Waals surface area contributed by atoms with E-state index in [9.17, 15) is 13.5 Å². The second kappa shape index (κ2) is 10.5. The number of halogens is 1. The Hall–Kier alpha value is -3.07. The zero-order valence-electron chi connectivity index (χ0n) is 18.7. The van der Waals surface area contributed by atoms with Crippen LogP contribution in [0.3, 0.4) is 0 Å². The predicted octanol–water partition coefficient (Wildman–Crippen LogP) is 5.61. The molecule has 0 saturated carbocycles. The number of aromatic amines is 1. The summed E-state index contributed by atoms with van der Waals surface area (Å²) >= 11 is 6.20. The largest absolute Gasteiger partial charge is 0.494 e. The van der Waals surface area contributed by atoms with Gasteiger partial charge in [-0.2, -0.15) is 5.10 Å². The summed E-state index contributed by atoms with van der Waals surface area (Å²) in [5.41, 5.74) is 2.71. The summed E-state index contributed by atoms with van der Waals surface area (Å²) in [4.78, 5) is 0.138. The lowest BCUT2D eigenvalue weighted by Crippen LogP contribution is -2.13. The number of hydrogen-bond acceptors (Lipinski definition) is 5. The van der Waals surface area contributed by atoms with E-state index < -0.39 is 16.1 Å². The number of anilines is 1. The van der Waals surface area contributed by atoms with Crippen molar-refractivity contribution >= 4 is 38.2 Å². The van der Waals surface area contributed by atoms with E-state index in [2.05, 4.69) is 14.9 Å². The van der Waals surface area contributed by atoms with Gasteiger partial charge in [0.15, 0.2) is 0 Å². The third-order valence-electron chi connectivity index (χ3n) is 5.53. The molecule has 0 radical (unpaired) electrons. The highest BCUT2D eigenvalue weighted by Crippen LogP contribution is 2.30. The minimum Gasteiger partial charge on any atom is -0.494 e. The van der Waals surface area contributed by atoms with Crippen LogP contribution >= 0.6 is 11.6 Å². The SMILES string of the molecule is Cc1[nH]nc2cc(OCCCC[C@H](O)c3ccc(Cl)c(NS(=O)(=O)c4ccccc4)c3)ccc12. The fourth-order valence-electron chi connectivity index (χ4n) is 3.64. The van der Waals surface area contributed by atoms with Gasteiger partial charge < -0.3 is 9.84 Å². The second-order valence-corrected chi connectivity index (χ2v) is 10.1. The molecule has 34 heavy (non-hydrogen) atoms. The molecular formula is C25H26ClN3O4S. The zero-order valence-corrected chi connectivity index (χ0v) is 20.2. The van der Waals surface area contributed by atoms with Gasteiger partial charge in [-0.05, 0) is 68.1 Å². The van der Waals surface area contributed by atoms with Gasteiger partial charge in [-0.1, -0.05) is 35.9 Å². The smallest absolute Gasteiger partial charge is 0.261 e. The highest BCUT2D eigenvalue weighted by Gasteiger charge is 2.17. The first-order valence-electron chi connectivity index (χ1n) is 11.0. The maximum absolute atomic E-state index is 12.6. The first-order valence-corrected chi connectivity index (χ1v) is 12.8. The summed E-state index contributed by atoms with van der Waals surface area (Å²) < 4.78 is 33.6. The summed E-state index contributed by atoms with van der Waals surface area (Å²) in [6.45, 7) is 2.49. The van der Waals surface area contributed by atoms with Crippen LogP contribution in [-0.2, 0) is 10.0 Å². The van der Waals surface area contributed by atoms with Crippen LogP contribution in [0.1, 0.15) is 36.6 Å². The van der Waals surface area contributed by atoms with Gasteiger partial charge in [0.25, 0.3) is 10.0 Å². The number of rotatable bonds is 10. The number of fused-ring (bicyclic) bond motifs is 1. The van der Waals surface area contributed by atoms with Crippen LogP contribution in [0.4, 0.5) is 5.69 Å². The Morgan fingerprint density at radius 1 is 1.09 bits per heavy atom. The van der Waals surface area contributed by atoms with E-state index in [-0.39, 0.29) is 15.6 Å². The lowest BCUT2D eigenvalue weighted by atomic mass is 10.0. The van der Waals surface area contributed by atoms with Crippen molar-refractivity contribution in [1.29, 1.82) is 0 Å². The van der Waals surface area contributed by atoms with Crippen LogP contribution in [0.2, 0.25) is 5.02 Å². The number of hydrogen-bond donors (Lipinski definition) is 3. The number of sulfonamides is 1. The highest BCUT2D eigenvalue weighted by molar-refractivity contribution is 7.92. The Kier molecular flexibility index (Phi) is 7.41. The van der Waals surface area contributed by atoms with Crippen LogP contribution in [0.15, 0.2) is 71.6 Å². The van der Waals surface area contributed by atoms with Crippen molar-refractivity contribution in [2.45, 2.75) is 37.2 Å². The van der Waals surface area contributed by atoms with Crippen molar-refractivity contribution in [2.75, 3.05) is 11.3 Å². The fraction of sp³-hybridized carbons (Fsp3) is 0.240. The summed E-state index contributed by atoms with van der Waals surface area (Å²) in [6, 6.07) is 18.7. The Labute approximate surface area is 203 Å². The van der Waals surface area contributed by atoms with Crippen LogP contribution in [0.5, 0.6) is 5.75 Å². The number of aryl methyl sites for hydroxylation is 1. The molecule has 1 atom stereocenters. The number of nitrogens with one attached hydrogen (secondary N) is 2. The summed E-state index contributed by atoms with van der Waals surface area (Å²) in [7, 11) is -3.78. The van der Waals surface area contributed by atoms with Crippen molar-refractivity contribution in [2.24, 2.45) is 0 Å². The van der Waals surface area contributed by atoms with Crippen molar-refractivity contribution in [1.82, 2.24) is 10.2 Å². The number of aliphatic hydroxyl groups excluding tert-OH is 1. The molecule has 0 aliphatic rings. The molecule has 0 spiro atoms. The van der Waals surface area contributed by atoms with E-state index in [1.165, 1.54) is 12.1 Å². The normalized spacial score (nSPS) is 12.6. The molecule has 4 rings (SSSR count). The maximum atomic E-state index is 12.6. The van der Waals surface area contributed by atoms with Gasteiger partial charge in [-0.25, -0.2) is 8.42 Å². The van der Waals surface area contributed by atoms with E-state index in [0.717, 1.165) is 35.2 Å². The average molecular weight is 500 g/mol. The summed E-state index contributed by atoms with van der Waals surface area (Å²) in [5.74, 6) is 0.757. The standard InChI is InChI=1S/C25H26ClN3O4S/c1-17-21-12-11-19(16-23(21)28-27-17)33-14-6-5-9-25(30)18-10-13-22(26)24(15-18)29-34(31,32)20-7-3-2-4-8-20/h2-4,7-8,10-13,15-16,25,29-30H,5-6,9,14H2,1H3,(H,27,28)/t25-/m0/s1. The van der Waals surface area contributed by atoms with Crippen LogP contribution in [0, 0.1) is 6.92 Å². The fourth-order valence-corrected chi connectivity index (χ4v) is 4.96. The van der Waals surface area contributed by atoms with E-state index in [4.69, 9.17) is 16.3 Å². The third kappa shape index (κ3) is 5.70. The molecule has 0 fully saturated rings. The molecular weight excluding hydrogens is 474 g/mol. The lowest BCUT2D eigenvalue weighted by molar-refractivity contribution is 0.160. The van der Waals surface area contributed by atoms with Gasteiger partial charge in [0.1, 0.15) is 5.75 Å². The number of aromatic nitrogens is 2. The minimum absolute atomic E-state index is 0.138. The Morgan fingerprint density at radius 3 is 2.68 bits per heavy atom. The van der Waals surface area contributed by atoms with E-state index in [1.54, 1.807) is 36.4 Å².